The molecular weight excluding hydrogens is 256 g/mol. The summed E-state index contributed by atoms with van der Waals surface area (Å²) < 4.78 is 0. The van der Waals surface area contributed by atoms with E-state index in [9.17, 15) is 0 Å². The maximum Gasteiger partial charge on any atom is 0.132 e. The minimum Gasteiger partial charge on any atom is -0.231 e. The van der Waals surface area contributed by atoms with Crippen LogP contribution >= 0.6 is 0 Å². The van der Waals surface area contributed by atoms with E-state index in [4.69, 9.17) is 0 Å². The zero-order valence-corrected chi connectivity index (χ0v) is 13.6. The van der Waals surface area contributed by atoms with Crippen LogP contribution < -0.4 is 5.32 Å². The van der Waals surface area contributed by atoms with Crippen LogP contribution in [0.25, 0.3) is 0 Å². The summed E-state index contributed by atoms with van der Waals surface area (Å²) in [4.78, 5) is 4.65. The fourth-order valence-corrected chi connectivity index (χ4v) is 2.86. The van der Waals surface area contributed by atoms with E-state index in [1.807, 2.05) is 12.1 Å². The Morgan fingerprint density at radius 3 is 2.14 bits per heavy atom. The van der Waals surface area contributed by atoms with E-state index in [2.05, 4.69) is 36.3 Å². The van der Waals surface area contributed by atoms with Gasteiger partial charge in [0.05, 0.1) is 11.4 Å². The summed E-state index contributed by atoms with van der Waals surface area (Å²) in [5.74, 6) is 1.51. The highest BCUT2D eigenvalue weighted by molar-refractivity contribution is 5.97. The fourth-order valence-electron chi connectivity index (χ4n) is 2.86. The zero-order chi connectivity index (χ0) is 14.9. The van der Waals surface area contributed by atoms with Crippen molar-refractivity contribution in [3.05, 3.63) is 24.3 Å². The zero-order valence-electron chi connectivity index (χ0n) is 13.6. The quantitative estimate of drug-likeness (QED) is 0.462. The molecule has 1 aliphatic rings. The summed E-state index contributed by atoms with van der Waals surface area (Å²) in [7, 11) is 0. The van der Waals surface area contributed by atoms with E-state index < -0.39 is 0 Å². The third-order valence-electron chi connectivity index (χ3n) is 4.28. The Labute approximate surface area is 130 Å². The van der Waals surface area contributed by atoms with Gasteiger partial charge in [-0.1, -0.05) is 77.3 Å². The molecule has 0 amide bonds. The van der Waals surface area contributed by atoms with Gasteiger partial charge in [-0.2, -0.15) is 0 Å². The number of fused-ring (bicyclic) bond motifs is 1. The highest BCUT2D eigenvalue weighted by Crippen LogP contribution is 2.32. The van der Waals surface area contributed by atoms with Crippen molar-refractivity contribution in [2.24, 2.45) is 10.9 Å². The average Bonchev–Trinajstić information content (AvgIpc) is 2.94. The number of rotatable bonds is 10. The van der Waals surface area contributed by atoms with Gasteiger partial charge in [0.2, 0.25) is 0 Å². The first-order chi connectivity index (χ1) is 10.3. The van der Waals surface area contributed by atoms with Gasteiger partial charge in [-0.25, -0.2) is 10.3 Å². The van der Waals surface area contributed by atoms with E-state index in [0.29, 0.717) is 5.92 Å². The molecule has 2 rings (SSSR count). The highest BCUT2D eigenvalue weighted by atomic mass is 15.1. The maximum absolute atomic E-state index is 4.65. The van der Waals surface area contributed by atoms with Crippen LogP contribution in [-0.2, 0) is 0 Å². The van der Waals surface area contributed by atoms with E-state index in [0.717, 1.165) is 17.2 Å². The van der Waals surface area contributed by atoms with Crippen LogP contribution in [0.2, 0.25) is 0 Å². The van der Waals surface area contributed by atoms with Crippen molar-refractivity contribution in [1.82, 2.24) is 5.32 Å². The third-order valence-corrected chi connectivity index (χ3v) is 4.28. The molecule has 0 saturated carbocycles. The molecule has 115 valence electrons. The van der Waals surface area contributed by atoms with Gasteiger partial charge < -0.3 is 0 Å². The Morgan fingerprint density at radius 2 is 1.48 bits per heavy atom. The minimum absolute atomic E-state index is 0.484. The number of para-hydroxylation sites is 2. The predicted octanol–water partition coefficient (Wildman–Crippen LogP) is 6.13. The summed E-state index contributed by atoms with van der Waals surface area (Å²) in [5.41, 5.74) is 2.07. The third kappa shape index (κ3) is 5.18. The van der Waals surface area contributed by atoms with Gasteiger partial charge in [0.25, 0.3) is 0 Å². The summed E-state index contributed by atoms with van der Waals surface area (Å²) in [6.45, 7) is 4.53. The molecular formula is C19H29N2. The van der Waals surface area contributed by atoms with Crippen LogP contribution in [0.5, 0.6) is 0 Å². The largest absolute Gasteiger partial charge is 0.231 e. The predicted molar refractivity (Wildman–Crippen MR) is 91.7 cm³/mol. The van der Waals surface area contributed by atoms with Gasteiger partial charge >= 0.3 is 0 Å². The molecule has 0 N–H and O–H groups in total. The molecule has 1 heterocycles. The lowest BCUT2D eigenvalue weighted by atomic mass is 10.0. The van der Waals surface area contributed by atoms with E-state index in [-0.39, 0.29) is 0 Å². The van der Waals surface area contributed by atoms with Crippen molar-refractivity contribution in [2.45, 2.75) is 71.6 Å². The van der Waals surface area contributed by atoms with Gasteiger partial charge in [-0.15, -0.1) is 0 Å². The molecule has 1 radical (unpaired) electrons. The van der Waals surface area contributed by atoms with Crippen LogP contribution in [0, 0.1) is 5.92 Å². The number of aliphatic imine (C=N–C) groups is 1. The Balaban J connectivity index is 1.58. The molecule has 2 nitrogen and oxygen atoms in total. The minimum atomic E-state index is 0.484. The molecule has 0 spiro atoms. The van der Waals surface area contributed by atoms with E-state index >= 15 is 0 Å². The molecule has 1 atom stereocenters. The van der Waals surface area contributed by atoms with E-state index in [1.165, 1.54) is 57.8 Å². The number of hydrogen-bond donors (Lipinski definition) is 0. The molecule has 0 aliphatic carbocycles. The van der Waals surface area contributed by atoms with Crippen molar-refractivity contribution in [3.63, 3.8) is 0 Å². The van der Waals surface area contributed by atoms with Gasteiger partial charge in [0.1, 0.15) is 5.84 Å². The smallest absolute Gasteiger partial charge is 0.132 e. The molecule has 0 fully saturated rings. The number of benzene rings is 1. The van der Waals surface area contributed by atoms with Gasteiger partial charge in [-0.3, -0.25) is 0 Å². The average molecular weight is 285 g/mol. The van der Waals surface area contributed by atoms with Crippen molar-refractivity contribution >= 4 is 17.2 Å². The number of amidine groups is 1. The Morgan fingerprint density at radius 1 is 0.857 bits per heavy atom. The van der Waals surface area contributed by atoms with Gasteiger partial charge in [-0.05, 0) is 18.6 Å². The summed E-state index contributed by atoms with van der Waals surface area (Å²) in [6.07, 6.45) is 12.2. The molecule has 1 aromatic carbocycles. The first kappa shape index (κ1) is 16.1. The number of hydrogen-bond acceptors (Lipinski definition) is 1. The second kappa shape index (κ2) is 8.86. The summed E-state index contributed by atoms with van der Waals surface area (Å²) >= 11 is 0. The molecule has 0 aromatic heterocycles. The van der Waals surface area contributed by atoms with Gasteiger partial charge in [0.15, 0.2) is 0 Å². The van der Waals surface area contributed by atoms with Crippen LogP contribution in [0.3, 0.4) is 0 Å². The van der Waals surface area contributed by atoms with Crippen LogP contribution in [0.4, 0.5) is 11.4 Å². The molecule has 2 heteroatoms. The molecule has 1 aliphatic heterocycles. The summed E-state index contributed by atoms with van der Waals surface area (Å²) in [5, 5.41) is 4.65. The Hall–Kier alpha value is -1.31. The molecule has 1 unspecified atom stereocenters. The topological polar surface area (TPSA) is 26.5 Å². The molecule has 21 heavy (non-hydrogen) atoms. The second-order valence-corrected chi connectivity index (χ2v) is 6.24. The molecule has 0 bridgehead atoms. The van der Waals surface area contributed by atoms with Crippen LogP contribution in [-0.4, -0.2) is 5.84 Å². The van der Waals surface area contributed by atoms with Gasteiger partial charge in [0, 0.05) is 5.92 Å². The Bertz CT molecular complexity index is 451. The Kier molecular flexibility index (Phi) is 6.78. The number of nitrogens with zero attached hydrogens (tertiary/aromatic N) is 2. The van der Waals surface area contributed by atoms with Crippen molar-refractivity contribution < 1.29 is 0 Å². The first-order valence-corrected chi connectivity index (χ1v) is 8.70. The SMILES string of the molecule is CCCCCCCCCCC(C)C1=Nc2ccccc2[N]1. The van der Waals surface area contributed by atoms with Crippen LogP contribution in [0.1, 0.15) is 71.6 Å². The fraction of sp³-hybridized carbons (Fsp3) is 0.632. The first-order valence-electron chi connectivity index (χ1n) is 8.70. The van der Waals surface area contributed by atoms with Crippen molar-refractivity contribution in [1.29, 1.82) is 0 Å². The van der Waals surface area contributed by atoms with Crippen molar-refractivity contribution in [3.8, 4) is 0 Å². The van der Waals surface area contributed by atoms with Crippen LogP contribution in [0.15, 0.2) is 29.3 Å². The molecule has 0 saturated heterocycles. The van der Waals surface area contributed by atoms with E-state index in [1.54, 1.807) is 0 Å². The lowest BCUT2D eigenvalue weighted by Gasteiger charge is -2.10. The number of unbranched alkanes of at least 4 members (excludes halogenated alkanes) is 7. The lowest BCUT2D eigenvalue weighted by molar-refractivity contribution is 0.540. The second-order valence-electron chi connectivity index (χ2n) is 6.24. The lowest BCUT2D eigenvalue weighted by Crippen LogP contribution is -2.16. The standard InChI is InChI=1S/C19H29N2/c1-3-4-5-6-7-8-9-10-13-16(2)19-20-17-14-11-12-15-18(17)21-19/h11-12,14-16H,3-10,13H2,1-2H3. The molecule has 1 aromatic rings. The normalized spacial score (nSPS) is 14.5. The summed E-state index contributed by atoms with van der Waals surface area (Å²) in [6, 6.07) is 8.16. The monoisotopic (exact) mass is 285 g/mol. The highest BCUT2D eigenvalue weighted by Gasteiger charge is 2.19. The van der Waals surface area contributed by atoms with Crippen molar-refractivity contribution in [2.75, 3.05) is 0 Å². The maximum atomic E-state index is 4.65.